The smallest absolute Gasteiger partial charge is 0.153 e. The first kappa shape index (κ1) is 15.5. The number of hydrogen-bond donors (Lipinski definition) is 0. The number of nitrogens with zero attached hydrogens (tertiary/aromatic N) is 4. The van der Waals surface area contributed by atoms with Gasteiger partial charge in [-0.15, -0.1) is 5.10 Å². The molecular formula is C20H22N4O2. The summed E-state index contributed by atoms with van der Waals surface area (Å²) in [5.74, 6) is 2.94. The summed E-state index contributed by atoms with van der Waals surface area (Å²) >= 11 is 0. The van der Waals surface area contributed by atoms with E-state index in [2.05, 4.69) is 35.0 Å². The molecule has 2 aliphatic heterocycles. The van der Waals surface area contributed by atoms with Crippen molar-refractivity contribution < 1.29 is 9.47 Å². The van der Waals surface area contributed by atoms with Crippen molar-refractivity contribution in [3.8, 4) is 11.5 Å². The topological polar surface area (TPSA) is 51.9 Å². The Balaban J connectivity index is 1.26. The molecule has 3 aromatic rings. The maximum atomic E-state index is 6.21. The standard InChI is InChI=1S/C20H22N4O2/c1-14-12-19-21-7-10-24(19)22-20(14)23-8-4-16(5-9-23)26-17-3-2-15-6-11-25-18(15)13-17/h2-3,7,10,12-13,16H,4-6,8-9,11H2,1H3. The molecule has 0 bridgehead atoms. The van der Waals surface area contributed by atoms with Gasteiger partial charge in [0.15, 0.2) is 11.5 Å². The number of anilines is 1. The molecule has 1 fully saturated rings. The third-order valence-corrected chi connectivity index (χ3v) is 5.26. The van der Waals surface area contributed by atoms with Crippen LogP contribution in [0.15, 0.2) is 36.7 Å². The average Bonchev–Trinajstić information content (AvgIpc) is 3.30. The Morgan fingerprint density at radius 3 is 2.96 bits per heavy atom. The number of aryl methyl sites for hydroxylation is 1. The van der Waals surface area contributed by atoms with E-state index in [1.165, 1.54) is 11.1 Å². The Kier molecular flexibility index (Phi) is 3.69. The Morgan fingerprint density at radius 2 is 2.08 bits per heavy atom. The fraction of sp³-hybridized carbons (Fsp3) is 0.400. The van der Waals surface area contributed by atoms with E-state index in [1.54, 1.807) is 6.20 Å². The van der Waals surface area contributed by atoms with Crippen LogP contribution in [0.2, 0.25) is 0 Å². The van der Waals surface area contributed by atoms with Gasteiger partial charge in [0.2, 0.25) is 0 Å². The van der Waals surface area contributed by atoms with E-state index < -0.39 is 0 Å². The number of imidazole rings is 1. The van der Waals surface area contributed by atoms with Gasteiger partial charge < -0.3 is 14.4 Å². The van der Waals surface area contributed by atoms with Crippen LogP contribution in [0.1, 0.15) is 24.0 Å². The highest BCUT2D eigenvalue weighted by Gasteiger charge is 2.23. The molecule has 0 unspecified atom stereocenters. The second-order valence-corrected chi connectivity index (χ2v) is 7.05. The van der Waals surface area contributed by atoms with Gasteiger partial charge in [-0.05, 0) is 30.2 Å². The predicted molar refractivity (Wildman–Crippen MR) is 99.2 cm³/mol. The van der Waals surface area contributed by atoms with Gasteiger partial charge in [0, 0.05) is 50.8 Å². The highest BCUT2D eigenvalue weighted by Crippen LogP contribution is 2.31. The van der Waals surface area contributed by atoms with Crippen molar-refractivity contribution in [2.45, 2.75) is 32.3 Å². The summed E-state index contributed by atoms with van der Waals surface area (Å²) in [6, 6.07) is 8.32. The first-order chi connectivity index (χ1) is 12.8. The SMILES string of the molecule is Cc1cc2nccn2nc1N1CCC(Oc2ccc3c(c2)OCC3)CC1. The third kappa shape index (κ3) is 2.75. The van der Waals surface area contributed by atoms with Gasteiger partial charge in [-0.25, -0.2) is 9.50 Å². The molecule has 0 amide bonds. The molecule has 5 rings (SSSR count). The minimum absolute atomic E-state index is 0.239. The largest absolute Gasteiger partial charge is 0.493 e. The maximum Gasteiger partial charge on any atom is 0.153 e. The Hall–Kier alpha value is -2.76. The normalized spacial score (nSPS) is 17.3. The molecule has 6 heteroatoms. The molecular weight excluding hydrogens is 328 g/mol. The molecule has 0 spiro atoms. The summed E-state index contributed by atoms with van der Waals surface area (Å²) in [5.41, 5.74) is 3.34. The number of ether oxygens (including phenoxy) is 2. The number of piperidine rings is 1. The molecule has 0 atom stereocenters. The lowest BCUT2D eigenvalue weighted by atomic mass is 10.1. The van der Waals surface area contributed by atoms with Crippen LogP contribution < -0.4 is 14.4 Å². The molecule has 134 valence electrons. The van der Waals surface area contributed by atoms with E-state index in [0.717, 1.165) is 61.9 Å². The van der Waals surface area contributed by atoms with Crippen molar-refractivity contribution in [1.82, 2.24) is 14.6 Å². The van der Waals surface area contributed by atoms with Crippen molar-refractivity contribution in [2.24, 2.45) is 0 Å². The monoisotopic (exact) mass is 350 g/mol. The van der Waals surface area contributed by atoms with E-state index in [9.17, 15) is 0 Å². The highest BCUT2D eigenvalue weighted by atomic mass is 16.5. The number of rotatable bonds is 3. The van der Waals surface area contributed by atoms with Crippen molar-refractivity contribution in [2.75, 3.05) is 24.6 Å². The van der Waals surface area contributed by atoms with E-state index in [0.29, 0.717) is 0 Å². The molecule has 1 saturated heterocycles. The fourth-order valence-corrected chi connectivity index (χ4v) is 3.85. The van der Waals surface area contributed by atoms with Crippen molar-refractivity contribution in [3.05, 3.63) is 47.8 Å². The van der Waals surface area contributed by atoms with Crippen LogP contribution >= 0.6 is 0 Å². The average molecular weight is 350 g/mol. The van der Waals surface area contributed by atoms with Crippen molar-refractivity contribution in [3.63, 3.8) is 0 Å². The van der Waals surface area contributed by atoms with Crippen LogP contribution in [0.25, 0.3) is 5.65 Å². The molecule has 1 aromatic carbocycles. The van der Waals surface area contributed by atoms with Crippen LogP contribution in [0.3, 0.4) is 0 Å². The van der Waals surface area contributed by atoms with Gasteiger partial charge in [-0.2, -0.15) is 0 Å². The fourth-order valence-electron chi connectivity index (χ4n) is 3.85. The van der Waals surface area contributed by atoms with Crippen LogP contribution in [-0.2, 0) is 6.42 Å². The minimum atomic E-state index is 0.239. The third-order valence-electron chi connectivity index (χ3n) is 5.26. The molecule has 6 nitrogen and oxygen atoms in total. The number of fused-ring (bicyclic) bond motifs is 2. The Labute approximate surface area is 152 Å². The van der Waals surface area contributed by atoms with E-state index in [1.807, 2.05) is 16.8 Å². The summed E-state index contributed by atoms with van der Waals surface area (Å²) in [7, 11) is 0. The van der Waals surface area contributed by atoms with Crippen LogP contribution in [0.4, 0.5) is 5.82 Å². The zero-order valence-corrected chi connectivity index (χ0v) is 14.9. The first-order valence-corrected chi connectivity index (χ1v) is 9.24. The number of hydrogen-bond acceptors (Lipinski definition) is 5. The van der Waals surface area contributed by atoms with Gasteiger partial charge in [-0.3, -0.25) is 0 Å². The second-order valence-electron chi connectivity index (χ2n) is 7.05. The number of benzene rings is 1. The summed E-state index contributed by atoms with van der Waals surface area (Å²) in [4.78, 5) is 6.65. The second kappa shape index (κ2) is 6.20. The zero-order chi connectivity index (χ0) is 17.5. The Bertz CT molecular complexity index is 944. The first-order valence-electron chi connectivity index (χ1n) is 9.24. The molecule has 0 N–H and O–H groups in total. The van der Waals surface area contributed by atoms with E-state index in [4.69, 9.17) is 14.6 Å². The summed E-state index contributed by atoms with van der Waals surface area (Å²) in [6.07, 6.45) is 6.89. The molecule has 26 heavy (non-hydrogen) atoms. The van der Waals surface area contributed by atoms with Gasteiger partial charge >= 0.3 is 0 Å². The molecule has 2 aromatic heterocycles. The summed E-state index contributed by atoms with van der Waals surface area (Å²) < 4.78 is 13.7. The maximum absolute atomic E-state index is 6.21. The molecule has 0 saturated carbocycles. The minimum Gasteiger partial charge on any atom is -0.493 e. The lowest BCUT2D eigenvalue weighted by Crippen LogP contribution is -2.39. The highest BCUT2D eigenvalue weighted by molar-refractivity contribution is 5.52. The van der Waals surface area contributed by atoms with Gasteiger partial charge in [0.05, 0.1) is 6.61 Å². The number of aromatic nitrogens is 3. The molecule has 2 aliphatic rings. The van der Waals surface area contributed by atoms with Crippen LogP contribution in [0.5, 0.6) is 11.5 Å². The zero-order valence-electron chi connectivity index (χ0n) is 14.9. The molecule has 0 aliphatic carbocycles. The van der Waals surface area contributed by atoms with Crippen LogP contribution in [-0.4, -0.2) is 40.4 Å². The van der Waals surface area contributed by atoms with E-state index >= 15 is 0 Å². The predicted octanol–water partition coefficient (Wildman–Crippen LogP) is 3.02. The van der Waals surface area contributed by atoms with E-state index in [-0.39, 0.29) is 6.10 Å². The summed E-state index contributed by atoms with van der Waals surface area (Å²) in [6.45, 7) is 4.77. The van der Waals surface area contributed by atoms with Gasteiger partial charge in [0.1, 0.15) is 17.6 Å². The summed E-state index contributed by atoms with van der Waals surface area (Å²) in [5, 5.41) is 4.73. The lowest BCUT2D eigenvalue weighted by Gasteiger charge is -2.33. The van der Waals surface area contributed by atoms with Gasteiger partial charge in [0.25, 0.3) is 0 Å². The lowest BCUT2D eigenvalue weighted by molar-refractivity contribution is 0.170. The van der Waals surface area contributed by atoms with Gasteiger partial charge in [-0.1, -0.05) is 6.07 Å². The Morgan fingerprint density at radius 1 is 1.19 bits per heavy atom. The molecule has 0 radical (unpaired) electrons. The van der Waals surface area contributed by atoms with Crippen molar-refractivity contribution in [1.29, 1.82) is 0 Å². The van der Waals surface area contributed by atoms with Crippen LogP contribution in [0, 0.1) is 6.92 Å². The quantitative estimate of drug-likeness (QED) is 0.727. The van der Waals surface area contributed by atoms with Crippen molar-refractivity contribution >= 4 is 11.5 Å². The molecule has 4 heterocycles.